The molecule has 1 unspecified atom stereocenters. The number of aromatic nitrogens is 4. The minimum absolute atomic E-state index is 0.177. The first kappa shape index (κ1) is 11.6. The lowest BCUT2D eigenvalue weighted by Crippen LogP contribution is -2.17. The molecule has 17 heavy (non-hydrogen) atoms. The van der Waals surface area contributed by atoms with E-state index in [4.69, 9.17) is 5.11 Å². The highest BCUT2D eigenvalue weighted by Crippen LogP contribution is 2.06. The van der Waals surface area contributed by atoms with Gasteiger partial charge in [0.2, 0.25) is 0 Å². The summed E-state index contributed by atoms with van der Waals surface area (Å²) >= 11 is 0. The van der Waals surface area contributed by atoms with Gasteiger partial charge in [-0.2, -0.15) is 9.61 Å². The third kappa shape index (κ3) is 2.62. The van der Waals surface area contributed by atoms with Gasteiger partial charge >= 0.3 is 5.69 Å². The van der Waals surface area contributed by atoms with Crippen LogP contribution < -0.4 is 11.0 Å². The molecule has 0 aliphatic carbocycles. The van der Waals surface area contributed by atoms with Crippen LogP contribution in [-0.2, 0) is 0 Å². The van der Waals surface area contributed by atoms with Crippen LogP contribution in [-0.4, -0.2) is 38.1 Å². The van der Waals surface area contributed by atoms with Crippen molar-refractivity contribution < 1.29 is 5.11 Å². The van der Waals surface area contributed by atoms with Crippen LogP contribution in [0.15, 0.2) is 16.9 Å². The average Bonchev–Trinajstić information content (AvgIpc) is 2.69. The van der Waals surface area contributed by atoms with Crippen LogP contribution in [0, 0.1) is 5.92 Å². The number of nitrogens with zero attached hydrogens (tertiary/aromatic N) is 3. The number of aliphatic hydroxyl groups excluding tert-OH is 1. The number of H-pyrrole nitrogens is 1. The molecule has 0 bridgehead atoms. The highest BCUT2D eigenvalue weighted by Gasteiger charge is 2.04. The van der Waals surface area contributed by atoms with Crippen LogP contribution in [0.4, 0.5) is 5.82 Å². The molecular formula is C10H15N5O2. The molecule has 7 heteroatoms. The molecule has 0 amide bonds. The molecule has 2 rings (SSSR count). The van der Waals surface area contributed by atoms with Crippen molar-refractivity contribution in [2.75, 3.05) is 18.5 Å². The van der Waals surface area contributed by atoms with Crippen molar-refractivity contribution in [1.82, 2.24) is 19.8 Å². The van der Waals surface area contributed by atoms with Crippen LogP contribution in [0.25, 0.3) is 5.65 Å². The normalized spacial score (nSPS) is 12.8. The van der Waals surface area contributed by atoms with Crippen LogP contribution >= 0.6 is 0 Å². The Morgan fingerprint density at radius 2 is 2.41 bits per heavy atom. The van der Waals surface area contributed by atoms with Crippen molar-refractivity contribution in [3.63, 3.8) is 0 Å². The monoisotopic (exact) mass is 237 g/mol. The minimum Gasteiger partial charge on any atom is -0.396 e. The highest BCUT2D eigenvalue weighted by molar-refractivity contribution is 5.42. The second-order valence-corrected chi connectivity index (χ2v) is 4.02. The summed E-state index contributed by atoms with van der Waals surface area (Å²) < 4.78 is 1.21. The van der Waals surface area contributed by atoms with E-state index < -0.39 is 0 Å². The number of nitrogens with one attached hydrogen (secondary N) is 2. The molecule has 2 heterocycles. The molecule has 1 atom stereocenters. The molecule has 0 spiro atoms. The van der Waals surface area contributed by atoms with Crippen LogP contribution in [0.2, 0.25) is 0 Å². The summed E-state index contributed by atoms with van der Waals surface area (Å²) in [6.45, 7) is 2.91. The van der Waals surface area contributed by atoms with E-state index >= 15 is 0 Å². The third-order valence-electron chi connectivity index (χ3n) is 2.53. The number of hydrogen-bond acceptors (Lipinski definition) is 5. The van der Waals surface area contributed by atoms with E-state index in [9.17, 15) is 4.79 Å². The standard InChI is InChI=1S/C10H15N5O2/c1-7(4-5-16)6-11-8-2-3-9-12-13-10(17)15(9)14-8/h2-3,7,16H,4-6H2,1H3,(H,11,14)(H,13,17). The van der Waals surface area contributed by atoms with Gasteiger partial charge in [-0.1, -0.05) is 6.92 Å². The Hall–Kier alpha value is -1.89. The fourth-order valence-corrected chi connectivity index (χ4v) is 1.50. The summed E-state index contributed by atoms with van der Waals surface area (Å²) in [5.41, 5.74) is 0.135. The van der Waals surface area contributed by atoms with Crippen molar-refractivity contribution in [3.05, 3.63) is 22.6 Å². The lowest BCUT2D eigenvalue weighted by atomic mass is 10.1. The predicted octanol–water partition coefficient (Wildman–Crippen LogP) is -0.152. The number of rotatable bonds is 5. The van der Waals surface area contributed by atoms with E-state index in [2.05, 4.69) is 20.6 Å². The molecule has 0 radical (unpaired) electrons. The van der Waals surface area contributed by atoms with Gasteiger partial charge in [0.15, 0.2) is 5.65 Å². The molecule has 3 N–H and O–H groups in total. The molecule has 0 aliphatic rings. The van der Waals surface area contributed by atoms with Crippen LogP contribution in [0.1, 0.15) is 13.3 Å². The highest BCUT2D eigenvalue weighted by atomic mass is 16.3. The number of aliphatic hydroxyl groups is 1. The fraction of sp³-hybridized carbons (Fsp3) is 0.500. The van der Waals surface area contributed by atoms with Crippen molar-refractivity contribution in [3.8, 4) is 0 Å². The predicted molar refractivity (Wildman–Crippen MR) is 63.0 cm³/mol. The zero-order chi connectivity index (χ0) is 12.3. The summed E-state index contributed by atoms with van der Waals surface area (Å²) in [5.74, 6) is 0.962. The van der Waals surface area contributed by atoms with Gasteiger partial charge in [0.05, 0.1) is 0 Å². The average molecular weight is 237 g/mol. The number of aromatic amines is 1. The van der Waals surface area contributed by atoms with Gasteiger partial charge in [-0.3, -0.25) is 0 Å². The summed E-state index contributed by atoms with van der Waals surface area (Å²) in [5, 5.41) is 22.1. The molecule has 2 aromatic rings. The molecular weight excluding hydrogens is 222 g/mol. The Kier molecular flexibility index (Phi) is 3.38. The van der Waals surface area contributed by atoms with Gasteiger partial charge in [-0.25, -0.2) is 9.89 Å². The first-order valence-corrected chi connectivity index (χ1v) is 5.50. The summed E-state index contributed by atoms with van der Waals surface area (Å²) in [7, 11) is 0. The number of anilines is 1. The van der Waals surface area contributed by atoms with E-state index in [0.717, 1.165) is 6.42 Å². The zero-order valence-electron chi connectivity index (χ0n) is 9.55. The number of hydrogen-bond donors (Lipinski definition) is 3. The van der Waals surface area contributed by atoms with Gasteiger partial charge in [0.1, 0.15) is 5.82 Å². The molecule has 0 aromatic carbocycles. The smallest absolute Gasteiger partial charge is 0.364 e. The quantitative estimate of drug-likeness (QED) is 0.672. The molecule has 92 valence electrons. The summed E-state index contributed by atoms with van der Waals surface area (Å²) in [6, 6.07) is 3.48. The van der Waals surface area contributed by atoms with E-state index in [0.29, 0.717) is 23.9 Å². The second kappa shape index (κ2) is 4.96. The maximum absolute atomic E-state index is 11.3. The van der Waals surface area contributed by atoms with Crippen LogP contribution in [0.5, 0.6) is 0 Å². The first-order valence-electron chi connectivity index (χ1n) is 5.50. The molecule has 0 aliphatic heterocycles. The van der Waals surface area contributed by atoms with E-state index in [1.54, 1.807) is 12.1 Å². The summed E-state index contributed by atoms with van der Waals surface area (Å²) in [6.07, 6.45) is 0.737. The Morgan fingerprint density at radius 1 is 1.59 bits per heavy atom. The van der Waals surface area contributed by atoms with Crippen LogP contribution in [0.3, 0.4) is 0 Å². The lowest BCUT2D eigenvalue weighted by molar-refractivity contribution is 0.266. The van der Waals surface area contributed by atoms with Crippen molar-refractivity contribution >= 4 is 11.5 Å². The molecule has 7 nitrogen and oxygen atoms in total. The van der Waals surface area contributed by atoms with E-state index in [1.165, 1.54) is 4.52 Å². The Labute approximate surface area is 97.5 Å². The molecule has 0 saturated heterocycles. The van der Waals surface area contributed by atoms with Gasteiger partial charge in [0.25, 0.3) is 0 Å². The van der Waals surface area contributed by atoms with E-state index in [-0.39, 0.29) is 12.3 Å². The SMILES string of the molecule is CC(CCO)CNc1ccc2n[nH]c(=O)n2n1. The lowest BCUT2D eigenvalue weighted by Gasteiger charge is -2.11. The van der Waals surface area contributed by atoms with Gasteiger partial charge in [-0.15, -0.1) is 5.10 Å². The summed E-state index contributed by atoms with van der Waals surface area (Å²) in [4.78, 5) is 11.3. The maximum atomic E-state index is 11.3. The van der Waals surface area contributed by atoms with Gasteiger partial charge in [0, 0.05) is 13.2 Å². The Morgan fingerprint density at radius 3 is 3.18 bits per heavy atom. The van der Waals surface area contributed by atoms with E-state index in [1.807, 2.05) is 6.92 Å². The Bertz CT molecular complexity index is 547. The molecule has 0 saturated carbocycles. The number of fused-ring (bicyclic) bond motifs is 1. The Balaban J connectivity index is 2.08. The third-order valence-corrected chi connectivity index (χ3v) is 2.53. The fourth-order valence-electron chi connectivity index (χ4n) is 1.50. The minimum atomic E-state index is -0.355. The zero-order valence-corrected chi connectivity index (χ0v) is 9.55. The van der Waals surface area contributed by atoms with Crippen molar-refractivity contribution in [2.45, 2.75) is 13.3 Å². The van der Waals surface area contributed by atoms with Crippen molar-refractivity contribution in [2.24, 2.45) is 5.92 Å². The van der Waals surface area contributed by atoms with Crippen molar-refractivity contribution in [1.29, 1.82) is 0 Å². The largest absolute Gasteiger partial charge is 0.396 e. The topological polar surface area (TPSA) is 95.3 Å². The van der Waals surface area contributed by atoms with Gasteiger partial charge < -0.3 is 10.4 Å². The molecule has 0 fully saturated rings. The molecule has 2 aromatic heterocycles. The first-order chi connectivity index (χ1) is 8.20. The maximum Gasteiger partial charge on any atom is 0.364 e. The van der Waals surface area contributed by atoms with Gasteiger partial charge in [-0.05, 0) is 24.5 Å². The second-order valence-electron chi connectivity index (χ2n) is 4.02.